The van der Waals surface area contributed by atoms with E-state index in [1.165, 1.54) is 12.8 Å². The third-order valence-corrected chi connectivity index (χ3v) is 2.96. The normalized spacial score (nSPS) is 15.9. The van der Waals surface area contributed by atoms with Gasteiger partial charge in [0.15, 0.2) is 0 Å². The standard InChI is InChI=1S/C12H14ClN/c1-2-10-5-6-12(11(13)9-10)14-7-3-4-8-14/h2,5-6,9H,1,3-4,7-8H2. The van der Waals surface area contributed by atoms with Crippen LogP contribution in [0.25, 0.3) is 6.08 Å². The molecular weight excluding hydrogens is 194 g/mol. The van der Waals surface area contributed by atoms with E-state index in [0.717, 1.165) is 29.4 Å². The van der Waals surface area contributed by atoms with Crippen molar-refractivity contribution in [2.45, 2.75) is 12.8 Å². The minimum absolute atomic E-state index is 0.837. The number of benzene rings is 1. The quantitative estimate of drug-likeness (QED) is 0.717. The van der Waals surface area contributed by atoms with Gasteiger partial charge in [0.05, 0.1) is 10.7 Å². The van der Waals surface area contributed by atoms with Crippen LogP contribution in [0.2, 0.25) is 5.02 Å². The third kappa shape index (κ3) is 1.78. The van der Waals surface area contributed by atoms with E-state index in [1.807, 2.05) is 12.1 Å². The van der Waals surface area contributed by atoms with Crippen LogP contribution in [-0.2, 0) is 0 Å². The highest BCUT2D eigenvalue weighted by Crippen LogP contribution is 2.29. The van der Waals surface area contributed by atoms with Crippen molar-refractivity contribution in [1.82, 2.24) is 0 Å². The first kappa shape index (κ1) is 9.60. The average Bonchev–Trinajstić information content (AvgIpc) is 2.70. The fourth-order valence-corrected chi connectivity index (χ4v) is 2.17. The smallest absolute Gasteiger partial charge is 0.0645 e. The van der Waals surface area contributed by atoms with Gasteiger partial charge in [-0.1, -0.05) is 30.3 Å². The molecule has 1 aromatic carbocycles. The Balaban J connectivity index is 2.29. The molecule has 0 bridgehead atoms. The number of anilines is 1. The lowest BCUT2D eigenvalue weighted by Crippen LogP contribution is -2.17. The van der Waals surface area contributed by atoms with E-state index in [1.54, 1.807) is 0 Å². The number of halogens is 1. The monoisotopic (exact) mass is 207 g/mol. The van der Waals surface area contributed by atoms with Gasteiger partial charge in [-0.05, 0) is 30.5 Å². The first-order chi connectivity index (χ1) is 6.81. The minimum Gasteiger partial charge on any atom is -0.370 e. The maximum atomic E-state index is 6.20. The zero-order valence-corrected chi connectivity index (χ0v) is 8.93. The summed E-state index contributed by atoms with van der Waals surface area (Å²) in [6.45, 7) is 5.99. The highest BCUT2D eigenvalue weighted by molar-refractivity contribution is 6.33. The van der Waals surface area contributed by atoms with Gasteiger partial charge in [0.1, 0.15) is 0 Å². The van der Waals surface area contributed by atoms with Gasteiger partial charge in [-0.3, -0.25) is 0 Å². The molecule has 1 fully saturated rings. The largest absolute Gasteiger partial charge is 0.370 e. The van der Waals surface area contributed by atoms with Crippen LogP contribution in [0.1, 0.15) is 18.4 Å². The minimum atomic E-state index is 0.837. The summed E-state index contributed by atoms with van der Waals surface area (Å²) in [6.07, 6.45) is 4.37. The van der Waals surface area contributed by atoms with E-state index < -0.39 is 0 Å². The van der Waals surface area contributed by atoms with Crippen LogP contribution in [0.15, 0.2) is 24.8 Å². The van der Waals surface area contributed by atoms with Crippen LogP contribution in [0.3, 0.4) is 0 Å². The second-order valence-corrected chi connectivity index (χ2v) is 4.02. The van der Waals surface area contributed by atoms with Gasteiger partial charge in [-0.2, -0.15) is 0 Å². The summed E-state index contributed by atoms with van der Waals surface area (Å²) < 4.78 is 0. The van der Waals surface area contributed by atoms with Crippen molar-refractivity contribution in [3.63, 3.8) is 0 Å². The summed E-state index contributed by atoms with van der Waals surface area (Å²) in [7, 11) is 0. The number of nitrogens with zero attached hydrogens (tertiary/aromatic N) is 1. The van der Waals surface area contributed by atoms with Gasteiger partial charge in [0.25, 0.3) is 0 Å². The summed E-state index contributed by atoms with van der Waals surface area (Å²) in [4.78, 5) is 2.34. The predicted molar refractivity (Wildman–Crippen MR) is 63.0 cm³/mol. The number of hydrogen-bond acceptors (Lipinski definition) is 1. The van der Waals surface area contributed by atoms with Crippen molar-refractivity contribution in [2.75, 3.05) is 18.0 Å². The highest BCUT2D eigenvalue weighted by atomic mass is 35.5. The van der Waals surface area contributed by atoms with Crippen molar-refractivity contribution in [3.05, 3.63) is 35.4 Å². The topological polar surface area (TPSA) is 3.24 Å². The maximum Gasteiger partial charge on any atom is 0.0645 e. The van der Waals surface area contributed by atoms with Gasteiger partial charge in [0, 0.05) is 13.1 Å². The molecule has 1 heterocycles. The maximum absolute atomic E-state index is 6.20. The van der Waals surface area contributed by atoms with Crippen molar-refractivity contribution < 1.29 is 0 Å². The molecule has 2 rings (SSSR count). The highest BCUT2D eigenvalue weighted by Gasteiger charge is 2.14. The van der Waals surface area contributed by atoms with Gasteiger partial charge in [0.2, 0.25) is 0 Å². The first-order valence-electron chi connectivity index (χ1n) is 4.98. The molecule has 0 unspecified atom stereocenters. The molecule has 0 saturated carbocycles. The molecule has 1 aromatic rings. The van der Waals surface area contributed by atoms with Crippen molar-refractivity contribution in [3.8, 4) is 0 Å². The van der Waals surface area contributed by atoms with Gasteiger partial charge >= 0.3 is 0 Å². The Labute approximate surface area is 90.0 Å². The Hall–Kier alpha value is -0.950. The lowest BCUT2D eigenvalue weighted by atomic mass is 10.2. The van der Waals surface area contributed by atoms with Crippen LogP contribution >= 0.6 is 11.6 Å². The molecule has 0 aromatic heterocycles. The molecule has 0 N–H and O–H groups in total. The number of hydrogen-bond donors (Lipinski definition) is 0. The molecule has 0 aliphatic carbocycles. The number of rotatable bonds is 2. The van der Waals surface area contributed by atoms with E-state index in [0.29, 0.717) is 0 Å². The Bertz CT molecular complexity index is 340. The second-order valence-electron chi connectivity index (χ2n) is 3.61. The first-order valence-corrected chi connectivity index (χ1v) is 5.36. The van der Waals surface area contributed by atoms with Crippen LogP contribution in [0, 0.1) is 0 Å². The predicted octanol–water partition coefficient (Wildman–Crippen LogP) is 3.58. The van der Waals surface area contributed by atoms with E-state index in [9.17, 15) is 0 Å². The molecule has 1 aliphatic heterocycles. The van der Waals surface area contributed by atoms with Crippen LogP contribution in [0.5, 0.6) is 0 Å². The van der Waals surface area contributed by atoms with Crippen molar-refractivity contribution >= 4 is 23.4 Å². The third-order valence-electron chi connectivity index (χ3n) is 2.65. The summed E-state index contributed by atoms with van der Waals surface area (Å²) in [5.41, 5.74) is 2.24. The molecule has 1 nitrogen and oxygen atoms in total. The van der Waals surface area contributed by atoms with Crippen LogP contribution < -0.4 is 4.90 Å². The Morgan fingerprint density at radius 1 is 1.29 bits per heavy atom. The van der Waals surface area contributed by atoms with Crippen molar-refractivity contribution in [2.24, 2.45) is 0 Å². The Morgan fingerprint density at radius 2 is 2.00 bits per heavy atom. The zero-order chi connectivity index (χ0) is 9.97. The Kier molecular flexibility index (Phi) is 2.78. The molecule has 1 saturated heterocycles. The van der Waals surface area contributed by atoms with E-state index in [4.69, 9.17) is 11.6 Å². The van der Waals surface area contributed by atoms with E-state index >= 15 is 0 Å². The van der Waals surface area contributed by atoms with Gasteiger partial charge in [-0.25, -0.2) is 0 Å². The average molecular weight is 208 g/mol. The molecule has 0 amide bonds. The van der Waals surface area contributed by atoms with E-state index in [2.05, 4.69) is 23.6 Å². The molecule has 74 valence electrons. The van der Waals surface area contributed by atoms with Gasteiger partial charge < -0.3 is 4.90 Å². The van der Waals surface area contributed by atoms with Gasteiger partial charge in [-0.15, -0.1) is 0 Å². The molecule has 0 radical (unpaired) electrons. The van der Waals surface area contributed by atoms with E-state index in [-0.39, 0.29) is 0 Å². The zero-order valence-electron chi connectivity index (χ0n) is 8.17. The van der Waals surface area contributed by atoms with Crippen LogP contribution in [0.4, 0.5) is 5.69 Å². The summed E-state index contributed by atoms with van der Waals surface area (Å²) in [6, 6.07) is 6.12. The summed E-state index contributed by atoms with van der Waals surface area (Å²) >= 11 is 6.20. The summed E-state index contributed by atoms with van der Waals surface area (Å²) in [5.74, 6) is 0. The Morgan fingerprint density at radius 3 is 2.57 bits per heavy atom. The SMILES string of the molecule is C=Cc1ccc(N2CCCC2)c(Cl)c1. The van der Waals surface area contributed by atoms with Crippen LogP contribution in [-0.4, -0.2) is 13.1 Å². The fraction of sp³-hybridized carbons (Fsp3) is 0.333. The second kappa shape index (κ2) is 4.05. The molecule has 2 heteroatoms. The lowest BCUT2D eigenvalue weighted by molar-refractivity contribution is 0.949. The van der Waals surface area contributed by atoms with Crippen molar-refractivity contribution in [1.29, 1.82) is 0 Å². The molecule has 14 heavy (non-hydrogen) atoms. The molecule has 0 atom stereocenters. The molecule has 0 spiro atoms. The molecule has 1 aliphatic rings. The lowest BCUT2D eigenvalue weighted by Gasteiger charge is -2.19. The molecular formula is C12H14ClN. The summed E-state index contributed by atoms with van der Waals surface area (Å²) in [5, 5.41) is 0.837. The fourth-order valence-electron chi connectivity index (χ4n) is 1.86.